The average molecular weight is 293 g/mol. The van der Waals surface area contributed by atoms with Crippen molar-refractivity contribution in [3.63, 3.8) is 0 Å². The van der Waals surface area contributed by atoms with Crippen molar-refractivity contribution in [3.8, 4) is 0 Å². The van der Waals surface area contributed by atoms with E-state index in [2.05, 4.69) is 21.9 Å². The van der Waals surface area contributed by atoms with Crippen LogP contribution in [0, 0.1) is 5.41 Å². The molecule has 0 radical (unpaired) electrons. The maximum atomic E-state index is 5.82. The molecule has 0 bridgehead atoms. The minimum atomic E-state index is -0.424. The van der Waals surface area contributed by atoms with E-state index in [-0.39, 0.29) is 0 Å². The summed E-state index contributed by atoms with van der Waals surface area (Å²) in [6.07, 6.45) is 3.72. The van der Waals surface area contributed by atoms with Crippen LogP contribution in [0.3, 0.4) is 0 Å². The molecular weight excluding hydrogens is 270 g/mol. The van der Waals surface area contributed by atoms with Crippen LogP contribution in [0.2, 0.25) is 0 Å². The lowest BCUT2D eigenvalue weighted by atomic mass is 9.78. The van der Waals surface area contributed by atoms with E-state index in [1.807, 2.05) is 0 Å². The first-order valence-electron chi connectivity index (χ1n) is 7.87. The Labute approximate surface area is 125 Å². The predicted molar refractivity (Wildman–Crippen MR) is 81.3 cm³/mol. The van der Waals surface area contributed by atoms with Crippen LogP contribution in [0.1, 0.15) is 32.6 Å². The zero-order valence-corrected chi connectivity index (χ0v) is 12.6. The van der Waals surface area contributed by atoms with Crippen molar-refractivity contribution in [3.05, 3.63) is 0 Å². The lowest BCUT2D eigenvalue weighted by Crippen LogP contribution is -2.42. The predicted octanol–water partition coefficient (Wildman–Crippen LogP) is 1.84. The van der Waals surface area contributed by atoms with Crippen LogP contribution in [0.15, 0.2) is 15.0 Å². The van der Waals surface area contributed by atoms with Crippen molar-refractivity contribution < 1.29 is 14.2 Å². The average Bonchev–Trinajstić information content (AvgIpc) is 3.26. The Kier molecular flexibility index (Phi) is 4.41. The van der Waals surface area contributed by atoms with E-state index in [4.69, 9.17) is 14.2 Å². The maximum absolute atomic E-state index is 5.82. The maximum Gasteiger partial charge on any atom is 0.199 e. The van der Waals surface area contributed by atoms with Gasteiger partial charge in [0.15, 0.2) is 17.7 Å². The van der Waals surface area contributed by atoms with Crippen molar-refractivity contribution in [2.45, 2.75) is 32.6 Å². The van der Waals surface area contributed by atoms with Gasteiger partial charge in [-0.15, -0.1) is 0 Å². The summed E-state index contributed by atoms with van der Waals surface area (Å²) in [6, 6.07) is 0. The van der Waals surface area contributed by atoms with E-state index in [9.17, 15) is 0 Å². The molecule has 3 aliphatic rings. The SMILES string of the molecule is CCCCC(CC1=NCCO1)(C1=NCCO1)C1=NCCO1. The third kappa shape index (κ3) is 2.89. The standard InChI is InChI=1S/C15H23N3O3/c1-2-3-4-15(13-17-6-9-20-13,14-18-7-10-21-14)11-12-16-5-8-19-12/h2-11H2,1H3. The summed E-state index contributed by atoms with van der Waals surface area (Å²) in [6.45, 7) is 6.30. The smallest absolute Gasteiger partial charge is 0.199 e. The molecule has 0 spiro atoms. The molecule has 0 aromatic heterocycles. The molecule has 0 aromatic rings. The Morgan fingerprint density at radius 3 is 2.00 bits per heavy atom. The van der Waals surface area contributed by atoms with Gasteiger partial charge in [0.25, 0.3) is 0 Å². The quantitative estimate of drug-likeness (QED) is 0.719. The largest absolute Gasteiger partial charge is 0.479 e. The fourth-order valence-corrected chi connectivity index (χ4v) is 3.02. The molecule has 3 rings (SSSR count). The molecule has 0 saturated heterocycles. The first-order valence-corrected chi connectivity index (χ1v) is 7.87. The molecule has 116 valence electrons. The highest BCUT2D eigenvalue weighted by Crippen LogP contribution is 2.37. The highest BCUT2D eigenvalue weighted by Gasteiger charge is 2.48. The van der Waals surface area contributed by atoms with Gasteiger partial charge in [-0.1, -0.05) is 19.8 Å². The number of hydrogen-bond acceptors (Lipinski definition) is 6. The van der Waals surface area contributed by atoms with Crippen LogP contribution in [-0.4, -0.2) is 57.1 Å². The molecule has 0 aromatic carbocycles. The fourth-order valence-electron chi connectivity index (χ4n) is 3.02. The summed E-state index contributed by atoms with van der Waals surface area (Å²) in [7, 11) is 0. The molecule has 0 amide bonds. The second kappa shape index (κ2) is 6.45. The van der Waals surface area contributed by atoms with Crippen molar-refractivity contribution in [2.75, 3.05) is 39.5 Å². The monoisotopic (exact) mass is 293 g/mol. The molecule has 0 N–H and O–H groups in total. The summed E-state index contributed by atoms with van der Waals surface area (Å²) < 4.78 is 17.3. The van der Waals surface area contributed by atoms with Crippen molar-refractivity contribution in [1.29, 1.82) is 0 Å². The van der Waals surface area contributed by atoms with Gasteiger partial charge in [-0.05, 0) is 6.42 Å². The van der Waals surface area contributed by atoms with Gasteiger partial charge in [0.05, 0.1) is 19.6 Å². The lowest BCUT2D eigenvalue weighted by molar-refractivity contribution is 0.249. The molecule has 3 aliphatic heterocycles. The normalized spacial score (nSPS) is 21.3. The number of ether oxygens (including phenoxy) is 3. The van der Waals surface area contributed by atoms with Gasteiger partial charge in [0, 0.05) is 6.42 Å². The third-order valence-electron chi connectivity index (χ3n) is 4.05. The van der Waals surface area contributed by atoms with Gasteiger partial charge in [-0.25, -0.2) is 0 Å². The van der Waals surface area contributed by atoms with Crippen LogP contribution in [0.5, 0.6) is 0 Å². The molecule has 6 heteroatoms. The number of aliphatic imine (C=N–C) groups is 3. The first kappa shape index (κ1) is 14.4. The fraction of sp³-hybridized carbons (Fsp3) is 0.800. The van der Waals surface area contributed by atoms with Crippen LogP contribution >= 0.6 is 0 Å². The topological polar surface area (TPSA) is 64.8 Å². The molecule has 0 aliphatic carbocycles. The third-order valence-corrected chi connectivity index (χ3v) is 4.05. The number of hydrogen-bond donors (Lipinski definition) is 0. The minimum absolute atomic E-state index is 0.424. The first-order chi connectivity index (χ1) is 10.3. The van der Waals surface area contributed by atoms with E-state index in [0.29, 0.717) is 39.3 Å². The Morgan fingerprint density at radius 2 is 1.52 bits per heavy atom. The van der Waals surface area contributed by atoms with Crippen LogP contribution in [0.4, 0.5) is 0 Å². The molecule has 0 saturated carbocycles. The Balaban J connectivity index is 1.91. The van der Waals surface area contributed by atoms with Crippen LogP contribution in [0.25, 0.3) is 0 Å². The van der Waals surface area contributed by atoms with Crippen LogP contribution < -0.4 is 0 Å². The van der Waals surface area contributed by atoms with E-state index in [0.717, 1.165) is 43.5 Å². The summed E-state index contributed by atoms with van der Waals surface area (Å²) >= 11 is 0. The van der Waals surface area contributed by atoms with Crippen molar-refractivity contribution in [2.24, 2.45) is 20.4 Å². The van der Waals surface area contributed by atoms with Crippen molar-refractivity contribution >= 4 is 17.7 Å². The summed E-state index contributed by atoms with van der Waals surface area (Å²) in [5, 5.41) is 0. The van der Waals surface area contributed by atoms with Crippen molar-refractivity contribution in [1.82, 2.24) is 0 Å². The molecule has 0 fully saturated rings. The Bertz CT molecular complexity index is 447. The van der Waals surface area contributed by atoms with E-state index < -0.39 is 5.41 Å². The van der Waals surface area contributed by atoms with E-state index in [1.54, 1.807) is 0 Å². The highest BCUT2D eigenvalue weighted by atomic mass is 16.5. The van der Waals surface area contributed by atoms with Gasteiger partial charge in [-0.2, -0.15) is 0 Å². The summed E-state index contributed by atoms with van der Waals surface area (Å²) in [4.78, 5) is 13.6. The second-order valence-corrected chi connectivity index (χ2v) is 5.56. The Hall–Kier alpha value is -1.59. The van der Waals surface area contributed by atoms with Gasteiger partial charge >= 0.3 is 0 Å². The van der Waals surface area contributed by atoms with E-state index >= 15 is 0 Å². The molecular formula is C15H23N3O3. The van der Waals surface area contributed by atoms with Gasteiger partial charge in [-0.3, -0.25) is 15.0 Å². The molecule has 21 heavy (non-hydrogen) atoms. The highest BCUT2D eigenvalue weighted by molar-refractivity contribution is 6.08. The van der Waals surface area contributed by atoms with Crippen LogP contribution in [-0.2, 0) is 14.2 Å². The summed E-state index contributed by atoms with van der Waals surface area (Å²) in [5.74, 6) is 2.30. The second-order valence-electron chi connectivity index (χ2n) is 5.56. The zero-order chi connectivity index (χ0) is 14.5. The van der Waals surface area contributed by atoms with Gasteiger partial charge < -0.3 is 14.2 Å². The Morgan fingerprint density at radius 1 is 0.905 bits per heavy atom. The minimum Gasteiger partial charge on any atom is -0.479 e. The molecule has 0 atom stereocenters. The number of nitrogens with zero attached hydrogens (tertiary/aromatic N) is 3. The lowest BCUT2D eigenvalue weighted by Gasteiger charge is -2.31. The number of unbranched alkanes of at least 4 members (excludes halogenated alkanes) is 1. The van der Waals surface area contributed by atoms with Gasteiger partial charge in [0.1, 0.15) is 25.2 Å². The van der Waals surface area contributed by atoms with E-state index in [1.165, 1.54) is 0 Å². The summed E-state index contributed by atoms with van der Waals surface area (Å²) in [5.41, 5.74) is -0.424. The molecule has 3 heterocycles. The van der Waals surface area contributed by atoms with Gasteiger partial charge in [0.2, 0.25) is 0 Å². The molecule has 0 unspecified atom stereocenters. The molecule has 6 nitrogen and oxygen atoms in total. The number of rotatable bonds is 7. The zero-order valence-electron chi connectivity index (χ0n) is 12.6.